The molecule has 22 heavy (non-hydrogen) atoms. The van der Waals surface area contributed by atoms with Gasteiger partial charge in [0, 0.05) is 5.39 Å². The molecule has 6 heteroatoms. The monoisotopic (exact) mass is 327 g/mol. The number of para-hydroxylation sites is 2. The van der Waals surface area contributed by atoms with Crippen LogP contribution in [0.2, 0.25) is 5.02 Å². The van der Waals surface area contributed by atoms with Crippen LogP contribution in [0.15, 0.2) is 48.5 Å². The average Bonchev–Trinajstić information content (AvgIpc) is 3.10. The first-order chi connectivity index (χ1) is 10.7. The molecule has 0 aliphatic rings. The SMILES string of the molecule is O=C(Nc1nc2ccccc2s1)c1cc2cccc(Cl)c2[nH]1. The van der Waals surface area contributed by atoms with E-state index in [9.17, 15) is 4.79 Å². The van der Waals surface area contributed by atoms with E-state index in [2.05, 4.69) is 15.3 Å². The highest BCUT2D eigenvalue weighted by molar-refractivity contribution is 7.22. The predicted octanol–water partition coefficient (Wildman–Crippen LogP) is 4.68. The number of anilines is 1. The smallest absolute Gasteiger partial charge is 0.273 e. The van der Waals surface area contributed by atoms with Crippen molar-refractivity contribution in [2.24, 2.45) is 0 Å². The summed E-state index contributed by atoms with van der Waals surface area (Å²) in [6.45, 7) is 0. The van der Waals surface area contributed by atoms with Gasteiger partial charge in [0.2, 0.25) is 0 Å². The van der Waals surface area contributed by atoms with Gasteiger partial charge in [0.1, 0.15) is 5.69 Å². The number of nitrogens with zero attached hydrogens (tertiary/aromatic N) is 1. The molecule has 2 heterocycles. The first-order valence-corrected chi connectivity index (χ1v) is 7.84. The van der Waals surface area contributed by atoms with E-state index < -0.39 is 0 Å². The summed E-state index contributed by atoms with van der Waals surface area (Å²) in [5, 5.41) is 4.90. The van der Waals surface area contributed by atoms with Crippen LogP contribution < -0.4 is 5.32 Å². The van der Waals surface area contributed by atoms with Gasteiger partial charge in [0.05, 0.1) is 20.8 Å². The van der Waals surface area contributed by atoms with Crippen LogP contribution in [0.3, 0.4) is 0 Å². The topological polar surface area (TPSA) is 57.8 Å². The molecule has 0 radical (unpaired) electrons. The van der Waals surface area contributed by atoms with Crippen molar-refractivity contribution in [3.05, 3.63) is 59.2 Å². The van der Waals surface area contributed by atoms with Crippen LogP contribution in [0.25, 0.3) is 21.1 Å². The van der Waals surface area contributed by atoms with Gasteiger partial charge in [-0.05, 0) is 24.3 Å². The number of halogens is 1. The number of aromatic amines is 1. The lowest BCUT2D eigenvalue weighted by molar-refractivity contribution is 0.102. The van der Waals surface area contributed by atoms with Crippen molar-refractivity contribution in [2.75, 3.05) is 5.32 Å². The van der Waals surface area contributed by atoms with Gasteiger partial charge < -0.3 is 4.98 Å². The van der Waals surface area contributed by atoms with Crippen LogP contribution in [0.4, 0.5) is 5.13 Å². The van der Waals surface area contributed by atoms with Crippen molar-refractivity contribution in [3.8, 4) is 0 Å². The lowest BCUT2D eigenvalue weighted by Crippen LogP contribution is -2.11. The number of thiazole rings is 1. The van der Waals surface area contributed by atoms with Crippen LogP contribution >= 0.6 is 22.9 Å². The normalized spacial score (nSPS) is 11.1. The second-order valence-corrected chi connectivity index (χ2v) is 6.27. The van der Waals surface area contributed by atoms with E-state index in [0.29, 0.717) is 15.8 Å². The molecule has 0 spiro atoms. The highest BCUT2D eigenvalue weighted by atomic mass is 35.5. The second kappa shape index (κ2) is 5.12. The van der Waals surface area contributed by atoms with E-state index in [1.807, 2.05) is 36.4 Å². The highest BCUT2D eigenvalue weighted by Crippen LogP contribution is 2.27. The summed E-state index contributed by atoms with van der Waals surface area (Å²) in [5.74, 6) is -0.230. The molecule has 4 nitrogen and oxygen atoms in total. The molecule has 2 aromatic heterocycles. The molecule has 0 aliphatic heterocycles. The summed E-state index contributed by atoms with van der Waals surface area (Å²) in [4.78, 5) is 19.8. The first-order valence-electron chi connectivity index (χ1n) is 6.65. The third kappa shape index (κ3) is 2.24. The Bertz CT molecular complexity index is 972. The van der Waals surface area contributed by atoms with Crippen molar-refractivity contribution in [2.45, 2.75) is 0 Å². The number of carbonyl (C=O) groups is 1. The van der Waals surface area contributed by atoms with Crippen LogP contribution in [-0.4, -0.2) is 15.9 Å². The quantitative estimate of drug-likeness (QED) is 0.561. The fraction of sp³-hybridized carbons (Fsp3) is 0. The summed E-state index contributed by atoms with van der Waals surface area (Å²) >= 11 is 7.56. The zero-order valence-electron chi connectivity index (χ0n) is 11.3. The molecule has 1 amide bonds. The molecule has 0 unspecified atom stereocenters. The summed E-state index contributed by atoms with van der Waals surface area (Å²) in [7, 11) is 0. The highest BCUT2D eigenvalue weighted by Gasteiger charge is 2.13. The van der Waals surface area contributed by atoms with Crippen molar-refractivity contribution >= 4 is 55.1 Å². The van der Waals surface area contributed by atoms with E-state index in [1.165, 1.54) is 11.3 Å². The van der Waals surface area contributed by atoms with E-state index in [4.69, 9.17) is 11.6 Å². The van der Waals surface area contributed by atoms with Crippen LogP contribution in [0, 0.1) is 0 Å². The number of fused-ring (bicyclic) bond motifs is 2. The van der Waals surface area contributed by atoms with E-state index in [0.717, 1.165) is 21.1 Å². The molecule has 2 N–H and O–H groups in total. The minimum Gasteiger partial charge on any atom is -0.349 e. The number of hydrogen-bond acceptors (Lipinski definition) is 3. The molecule has 0 aliphatic carbocycles. The summed E-state index contributed by atoms with van der Waals surface area (Å²) in [5.41, 5.74) is 2.10. The number of benzene rings is 2. The molecule has 0 saturated heterocycles. The molecule has 0 bridgehead atoms. The lowest BCUT2D eigenvalue weighted by Gasteiger charge is -1.97. The second-order valence-electron chi connectivity index (χ2n) is 4.83. The van der Waals surface area contributed by atoms with Gasteiger partial charge in [-0.1, -0.05) is 47.2 Å². The Hall–Kier alpha value is -2.37. The van der Waals surface area contributed by atoms with Crippen molar-refractivity contribution in [3.63, 3.8) is 0 Å². The maximum atomic E-state index is 12.4. The number of carbonyl (C=O) groups excluding carboxylic acids is 1. The van der Waals surface area contributed by atoms with Gasteiger partial charge in [-0.3, -0.25) is 10.1 Å². The largest absolute Gasteiger partial charge is 0.349 e. The molecule has 0 saturated carbocycles. The minimum atomic E-state index is -0.230. The van der Waals surface area contributed by atoms with Crippen molar-refractivity contribution < 1.29 is 4.79 Å². The van der Waals surface area contributed by atoms with Crippen molar-refractivity contribution in [1.29, 1.82) is 0 Å². The molecule has 0 fully saturated rings. The predicted molar refractivity (Wildman–Crippen MR) is 90.9 cm³/mol. The van der Waals surface area contributed by atoms with Crippen LogP contribution in [0.1, 0.15) is 10.5 Å². The number of hydrogen-bond donors (Lipinski definition) is 2. The Balaban J connectivity index is 1.66. The zero-order valence-corrected chi connectivity index (χ0v) is 12.8. The van der Waals surface area contributed by atoms with E-state index in [-0.39, 0.29) is 5.91 Å². The Morgan fingerprint density at radius 2 is 2.05 bits per heavy atom. The van der Waals surface area contributed by atoms with E-state index in [1.54, 1.807) is 12.1 Å². The standard InChI is InChI=1S/C16H10ClN3OS/c17-10-5-3-4-9-8-12(18-14(9)10)15(21)20-16-19-11-6-1-2-7-13(11)22-16/h1-8,18H,(H,19,20,21). The lowest BCUT2D eigenvalue weighted by atomic mass is 10.2. The number of H-pyrrole nitrogens is 1. The molecular formula is C16H10ClN3OS. The minimum absolute atomic E-state index is 0.230. The van der Waals surface area contributed by atoms with Gasteiger partial charge in [0.25, 0.3) is 5.91 Å². The summed E-state index contributed by atoms with van der Waals surface area (Å²) in [6.07, 6.45) is 0. The molecule has 4 aromatic rings. The maximum absolute atomic E-state index is 12.4. The van der Waals surface area contributed by atoms with Gasteiger partial charge in [-0.15, -0.1) is 0 Å². The summed E-state index contributed by atoms with van der Waals surface area (Å²) < 4.78 is 1.04. The molecule has 0 atom stereocenters. The third-order valence-electron chi connectivity index (χ3n) is 3.36. The van der Waals surface area contributed by atoms with Gasteiger partial charge in [-0.25, -0.2) is 4.98 Å². The van der Waals surface area contributed by atoms with E-state index >= 15 is 0 Å². The summed E-state index contributed by atoms with van der Waals surface area (Å²) in [6, 6.07) is 15.1. The number of rotatable bonds is 2. The first kappa shape index (κ1) is 13.3. The molecule has 4 rings (SSSR count). The Morgan fingerprint density at radius 1 is 1.18 bits per heavy atom. The Morgan fingerprint density at radius 3 is 2.86 bits per heavy atom. The van der Waals surface area contributed by atoms with Gasteiger partial charge >= 0.3 is 0 Å². The Kier molecular flexibility index (Phi) is 3.10. The van der Waals surface area contributed by atoms with Crippen LogP contribution in [0.5, 0.6) is 0 Å². The third-order valence-corrected chi connectivity index (χ3v) is 4.63. The van der Waals surface area contributed by atoms with Crippen LogP contribution in [-0.2, 0) is 0 Å². The number of aromatic nitrogens is 2. The van der Waals surface area contributed by atoms with Gasteiger partial charge in [0.15, 0.2) is 5.13 Å². The zero-order chi connectivity index (χ0) is 15.1. The number of nitrogens with one attached hydrogen (secondary N) is 2. The fourth-order valence-electron chi connectivity index (χ4n) is 2.33. The Labute approximate surface area is 134 Å². The van der Waals surface area contributed by atoms with Gasteiger partial charge in [-0.2, -0.15) is 0 Å². The molecular weight excluding hydrogens is 318 g/mol. The average molecular weight is 328 g/mol. The number of amides is 1. The molecule has 108 valence electrons. The fourth-order valence-corrected chi connectivity index (χ4v) is 3.42. The molecule has 2 aromatic carbocycles. The van der Waals surface area contributed by atoms with Crippen molar-refractivity contribution in [1.82, 2.24) is 9.97 Å². The maximum Gasteiger partial charge on any atom is 0.273 e.